The molecule has 0 saturated heterocycles. The summed E-state index contributed by atoms with van der Waals surface area (Å²) in [5, 5.41) is 14.1. The number of amides is 2. The SMILES string of the molecule is C=C1NC(=O)N(c2cc(Cl)c(Oc3cc(C(C)C4CC4)c(=O)[nH]n3)c(Cl)c2)N=C1N. The van der Waals surface area contributed by atoms with E-state index in [1.165, 1.54) is 12.1 Å². The van der Waals surface area contributed by atoms with E-state index in [2.05, 4.69) is 27.2 Å². The monoisotopic (exact) mass is 448 g/mol. The largest absolute Gasteiger partial charge is 0.434 e. The van der Waals surface area contributed by atoms with Gasteiger partial charge in [-0.25, -0.2) is 9.89 Å². The number of hydrazone groups is 1. The maximum Gasteiger partial charge on any atom is 0.347 e. The predicted octanol–water partition coefficient (Wildman–Crippen LogP) is 3.70. The smallest absolute Gasteiger partial charge is 0.347 e. The van der Waals surface area contributed by atoms with E-state index in [0.29, 0.717) is 11.5 Å². The topological polar surface area (TPSA) is 126 Å². The number of halogens is 2. The van der Waals surface area contributed by atoms with E-state index in [0.717, 1.165) is 17.9 Å². The molecular weight excluding hydrogens is 431 g/mol. The first-order valence-electron chi connectivity index (χ1n) is 9.15. The number of nitrogens with one attached hydrogen (secondary N) is 2. The van der Waals surface area contributed by atoms with Gasteiger partial charge in [-0.05, 0) is 36.8 Å². The van der Waals surface area contributed by atoms with Crippen LogP contribution in [0.1, 0.15) is 31.2 Å². The quantitative estimate of drug-likeness (QED) is 0.642. The molecule has 1 aromatic heterocycles. The van der Waals surface area contributed by atoms with E-state index in [9.17, 15) is 9.59 Å². The summed E-state index contributed by atoms with van der Waals surface area (Å²) in [4.78, 5) is 24.3. The number of aromatic amines is 1. The second-order valence-corrected chi connectivity index (χ2v) is 7.98. The van der Waals surface area contributed by atoms with Crippen LogP contribution in [-0.4, -0.2) is 22.1 Å². The predicted molar refractivity (Wildman–Crippen MR) is 114 cm³/mol. The number of rotatable bonds is 5. The van der Waals surface area contributed by atoms with E-state index in [1.54, 1.807) is 6.07 Å². The number of H-pyrrole nitrogens is 1. The molecule has 1 unspecified atom stereocenters. The van der Waals surface area contributed by atoms with Crippen LogP contribution in [0.2, 0.25) is 10.0 Å². The Labute approximate surface area is 181 Å². The van der Waals surface area contributed by atoms with Crippen LogP contribution in [0.5, 0.6) is 11.6 Å². The van der Waals surface area contributed by atoms with Gasteiger partial charge in [0, 0.05) is 11.6 Å². The third-order valence-electron chi connectivity index (χ3n) is 5.03. The molecule has 4 rings (SSSR count). The van der Waals surface area contributed by atoms with Crippen LogP contribution >= 0.6 is 23.2 Å². The number of nitrogens with zero attached hydrogens (tertiary/aromatic N) is 3. The molecule has 4 N–H and O–H groups in total. The van der Waals surface area contributed by atoms with E-state index < -0.39 is 6.03 Å². The molecule has 0 radical (unpaired) electrons. The van der Waals surface area contributed by atoms with Crippen molar-refractivity contribution >= 4 is 40.8 Å². The molecule has 2 aliphatic rings. The molecule has 1 fully saturated rings. The first-order chi connectivity index (χ1) is 14.2. The highest BCUT2D eigenvalue weighted by atomic mass is 35.5. The minimum absolute atomic E-state index is 0.0527. The summed E-state index contributed by atoms with van der Waals surface area (Å²) >= 11 is 12.7. The van der Waals surface area contributed by atoms with Gasteiger partial charge in [0.25, 0.3) is 5.56 Å². The van der Waals surface area contributed by atoms with Crippen molar-refractivity contribution in [1.82, 2.24) is 15.5 Å². The molecule has 9 nitrogen and oxygen atoms in total. The molecule has 1 saturated carbocycles. The molecule has 0 spiro atoms. The highest BCUT2D eigenvalue weighted by Crippen LogP contribution is 2.43. The van der Waals surface area contributed by atoms with Crippen molar-refractivity contribution in [3.8, 4) is 11.6 Å². The van der Waals surface area contributed by atoms with Crippen LogP contribution in [0.15, 0.2) is 40.4 Å². The van der Waals surface area contributed by atoms with Crippen LogP contribution < -0.4 is 26.4 Å². The molecule has 2 aromatic rings. The lowest BCUT2D eigenvalue weighted by Gasteiger charge is -2.24. The van der Waals surface area contributed by atoms with Crippen LogP contribution in [0, 0.1) is 5.92 Å². The number of ether oxygens (including phenoxy) is 1. The molecule has 11 heteroatoms. The number of hydrogen-bond acceptors (Lipinski definition) is 6. The minimum Gasteiger partial charge on any atom is -0.434 e. The van der Waals surface area contributed by atoms with Crippen molar-refractivity contribution in [3.63, 3.8) is 0 Å². The Morgan fingerprint density at radius 2 is 1.93 bits per heavy atom. The molecule has 2 amide bonds. The molecular formula is C19H18Cl2N6O3. The number of urea groups is 1. The van der Waals surface area contributed by atoms with E-state index in [-0.39, 0.29) is 50.4 Å². The van der Waals surface area contributed by atoms with Crippen molar-refractivity contribution in [3.05, 3.63) is 56.4 Å². The summed E-state index contributed by atoms with van der Waals surface area (Å²) in [5.74, 6) is 0.931. The fourth-order valence-electron chi connectivity index (χ4n) is 3.15. The summed E-state index contributed by atoms with van der Waals surface area (Å²) in [5.41, 5.74) is 6.55. The number of nitrogens with two attached hydrogens (primary N) is 1. The van der Waals surface area contributed by atoms with Gasteiger partial charge in [-0.1, -0.05) is 36.7 Å². The number of carbonyl (C=O) groups excluding carboxylic acids is 1. The van der Waals surface area contributed by atoms with Crippen molar-refractivity contribution in [1.29, 1.82) is 0 Å². The van der Waals surface area contributed by atoms with Crippen LogP contribution in [0.4, 0.5) is 10.5 Å². The van der Waals surface area contributed by atoms with Crippen molar-refractivity contribution in [2.24, 2.45) is 16.8 Å². The second kappa shape index (κ2) is 7.66. The molecule has 1 atom stereocenters. The van der Waals surface area contributed by atoms with Gasteiger partial charge in [0.2, 0.25) is 5.88 Å². The van der Waals surface area contributed by atoms with Gasteiger partial charge in [-0.2, -0.15) is 5.01 Å². The maximum atomic E-state index is 12.2. The lowest BCUT2D eigenvalue weighted by Crippen LogP contribution is -2.45. The molecule has 2 heterocycles. The summed E-state index contributed by atoms with van der Waals surface area (Å²) in [6, 6.07) is 3.94. The highest BCUT2D eigenvalue weighted by Gasteiger charge is 2.31. The Bertz CT molecular complexity index is 1120. The standard InChI is InChI=1S/C19H18Cl2N6O3/c1-8(10-3-4-10)12-7-15(24-25-18(12)28)30-16-13(20)5-11(6-14(16)21)27-19(29)23-9(2)17(22)26-27/h5-8,10H,2-4H2,1H3,(H2,22,26)(H,23,29)(H,25,28). The summed E-state index contributed by atoms with van der Waals surface area (Å²) in [6.07, 6.45) is 2.20. The average molecular weight is 449 g/mol. The maximum absolute atomic E-state index is 12.2. The molecule has 0 bridgehead atoms. The molecule has 1 aliphatic heterocycles. The van der Waals surface area contributed by atoms with Gasteiger partial charge in [-0.3, -0.25) is 4.79 Å². The zero-order valence-corrected chi connectivity index (χ0v) is 17.4. The average Bonchev–Trinajstić information content (AvgIpc) is 3.53. The van der Waals surface area contributed by atoms with Gasteiger partial charge in [0.05, 0.1) is 21.4 Å². The zero-order valence-electron chi connectivity index (χ0n) is 15.9. The van der Waals surface area contributed by atoms with Crippen molar-refractivity contribution in [2.45, 2.75) is 25.7 Å². The second-order valence-electron chi connectivity index (χ2n) is 7.16. The fourth-order valence-corrected chi connectivity index (χ4v) is 3.70. The van der Waals surface area contributed by atoms with Crippen LogP contribution in [0.25, 0.3) is 0 Å². The van der Waals surface area contributed by atoms with Crippen LogP contribution in [0.3, 0.4) is 0 Å². The number of amidine groups is 1. The summed E-state index contributed by atoms with van der Waals surface area (Å²) in [7, 11) is 0. The summed E-state index contributed by atoms with van der Waals surface area (Å²) in [6.45, 7) is 5.60. The van der Waals surface area contributed by atoms with Crippen molar-refractivity contribution < 1.29 is 9.53 Å². The number of hydrogen-bond donors (Lipinski definition) is 3. The van der Waals surface area contributed by atoms with E-state index in [1.807, 2.05) is 6.92 Å². The lowest BCUT2D eigenvalue weighted by atomic mass is 9.98. The van der Waals surface area contributed by atoms with E-state index in [4.69, 9.17) is 33.7 Å². The van der Waals surface area contributed by atoms with Gasteiger partial charge in [0.1, 0.15) is 0 Å². The van der Waals surface area contributed by atoms with Gasteiger partial charge < -0.3 is 15.8 Å². The highest BCUT2D eigenvalue weighted by molar-refractivity contribution is 6.37. The molecule has 156 valence electrons. The van der Waals surface area contributed by atoms with Crippen LogP contribution in [-0.2, 0) is 0 Å². The Morgan fingerprint density at radius 1 is 1.27 bits per heavy atom. The fraction of sp³-hybridized carbons (Fsp3) is 0.263. The minimum atomic E-state index is -0.559. The van der Waals surface area contributed by atoms with Crippen molar-refractivity contribution in [2.75, 3.05) is 5.01 Å². The number of benzene rings is 1. The first kappa shape index (κ1) is 20.2. The molecule has 1 aromatic carbocycles. The molecule has 30 heavy (non-hydrogen) atoms. The lowest BCUT2D eigenvalue weighted by molar-refractivity contribution is 0.248. The third-order valence-corrected chi connectivity index (χ3v) is 5.59. The summed E-state index contributed by atoms with van der Waals surface area (Å²) < 4.78 is 5.75. The van der Waals surface area contributed by atoms with Gasteiger partial charge >= 0.3 is 6.03 Å². The Balaban J connectivity index is 1.64. The normalized spacial score (nSPS) is 17.4. The van der Waals surface area contributed by atoms with E-state index >= 15 is 0 Å². The van der Waals surface area contributed by atoms with Gasteiger partial charge in [0.15, 0.2) is 11.6 Å². The Morgan fingerprint density at radius 3 is 2.57 bits per heavy atom. The van der Waals surface area contributed by atoms with Gasteiger partial charge in [-0.15, -0.1) is 10.2 Å². The zero-order chi connectivity index (χ0) is 21.6. The molecule has 1 aliphatic carbocycles. The Hall–Kier alpha value is -3.04. The number of anilines is 1. The number of aromatic nitrogens is 2. The first-order valence-corrected chi connectivity index (χ1v) is 9.91. The third kappa shape index (κ3) is 3.86. The Kier molecular flexibility index (Phi) is 5.17. The number of carbonyl (C=O) groups is 1.